The van der Waals surface area contributed by atoms with Crippen molar-refractivity contribution in [2.24, 2.45) is 0 Å². The van der Waals surface area contributed by atoms with Crippen LogP contribution in [-0.2, 0) is 5.41 Å². The fraction of sp³-hybridized carbons (Fsp3) is 0.429. The number of pyridine rings is 1. The minimum atomic E-state index is -0.363. The van der Waals surface area contributed by atoms with Gasteiger partial charge in [0.25, 0.3) is 5.91 Å². The average molecular weight is 288 g/mol. The minimum Gasteiger partial charge on any atom is -0.361 e. The predicted molar refractivity (Wildman–Crippen MR) is 81.6 cm³/mol. The second-order valence-corrected chi connectivity index (χ2v) is 5.98. The molecule has 112 valence electrons. The maximum absolute atomic E-state index is 12.2. The normalized spacial score (nSPS) is 11.3. The van der Waals surface area contributed by atoms with Gasteiger partial charge in [0.1, 0.15) is 5.82 Å². The first-order chi connectivity index (χ1) is 9.79. The van der Waals surface area contributed by atoms with Crippen LogP contribution in [0.15, 0.2) is 18.3 Å². The molecule has 21 heavy (non-hydrogen) atoms. The van der Waals surface area contributed by atoms with Gasteiger partial charge < -0.3 is 10.2 Å². The van der Waals surface area contributed by atoms with E-state index in [1.54, 1.807) is 18.3 Å². The van der Waals surface area contributed by atoms with Crippen LogP contribution in [0.5, 0.6) is 0 Å². The molecule has 7 nitrogen and oxygen atoms in total. The van der Waals surface area contributed by atoms with Crippen LogP contribution in [0.4, 0.5) is 11.5 Å². The Morgan fingerprint density at radius 1 is 1.33 bits per heavy atom. The van der Waals surface area contributed by atoms with E-state index in [1.807, 2.05) is 39.8 Å². The molecule has 0 unspecified atom stereocenters. The molecule has 0 aliphatic heterocycles. The number of anilines is 2. The van der Waals surface area contributed by atoms with Gasteiger partial charge in [-0.05, 0) is 12.1 Å². The van der Waals surface area contributed by atoms with Crippen LogP contribution in [-0.4, -0.2) is 40.2 Å². The maximum Gasteiger partial charge on any atom is 0.295 e. The summed E-state index contributed by atoms with van der Waals surface area (Å²) in [5, 5.41) is 9.56. The SMILES string of the molecule is CN(C)c1ncccc1NC(=O)c1n[nH]c(C(C)(C)C)n1. The number of rotatable bonds is 3. The summed E-state index contributed by atoms with van der Waals surface area (Å²) in [6, 6.07) is 3.55. The number of aromatic nitrogens is 4. The number of nitrogens with one attached hydrogen (secondary N) is 2. The van der Waals surface area contributed by atoms with Crippen LogP contribution < -0.4 is 10.2 Å². The molecule has 0 fully saturated rings. The zero-order chi connectivity index (χ0) is 15.6. The number of carbonyl (C=O) groups excluding carboxylic acids is 1. The lowest BCUT2D eigenvalue weighted by molar-refractivity contribution is 0.101. The summed E-state index contributed by atoms with van der Waals surface area (Å²) in [4.78, 5) is 22.5. The Balaban J connectivity index is 2.21. The number of carbonyl (C=O) groups is 1. The molecule has 0 saturated carbocycles. The van der Waals surface area contributed by atoms with E-state index in [9.17, 15) is 4.79 Å². The number of hydrogen-bond donors (Lipinski definition) is 2. The van der Waals surface area contributed by atoms with Gasteiger partial charge in [-0.2, -0.15) is 0 Å². The van der Waals surface area contributed by atoms with Crippen LogP contribution in [0.2, 0.25) is 0 Å². The molecule has 0 bridgehead atoms. The minimum absolute atomic E-state index is 0.119. The van der Waals surface area contributed by atoms with Crippen LogP contribution in [0.1, 0.15) is 37.2 Å². The lowest BCUT2D eigenvalue weighted by Gasteiger charge is -2.15. The Labute approximate surface area is 123 Å². The molecule has 0 aliphatic carbocycles. The first kappa shape index (κ1) is 15.0. The average Bonchev–Trinajstić information content (AvgIpc) is 2.88. The van der Waals surface area contributed by atoms with E-state index in [2.05, 4.69) is 25.5 Å². The summed E-state index contributed by atoms with van der Waals surface area (Å²) in [5.41, 5.74) is 0.434. The molecule has 0 radical (unpaired) electrons. The standard InChI is InChI=1S/C14H20N6O/c1-14(2,3)13-17-10(18-19-13)12(21)16-9-7-6-8-15-11(9)20(4)5/h6-8H,1-5H3,(H,16,21)(H,17,18,19). The Kier molecular flexibility index (Phi) is 3.93. The van der Waals surface area contributed by atoms with Gasteiger partial charge in [0.15, 0.2) is 5.82 Å². The third kappa shape index (κ3) is 3.36. The fourth-order valence-corrected chi connectivity index (χ4v) is 1.73. The van der Waals surface area contributed by atoms with E-state index >= 15 is 0 Å². The van der Waals surface area contributed by atoms with Crippen molar-refractivity contribution in [3.8, 4) is 0 Å². The van der Waals surface area contributed by atoms with Gasteiger partial charge in [0, 0.05) is 25.7 Å². The molecule has 7 heteroatoms. The molecule has 2 rings (SSSR count). The van der Waals surface area contributed by atoms with Crippen LogP contribution in [0.3, 0.4) is 0 Å². The quantitative estimate of drug-likeness (QED) is 0.899. The zero-order valence-electron chi connectivity index (χ0n) is 12.9. The number of H-pyrrole nitrogens is 1. The van der Waals surface area contributed by atoms with Crippen molar-refractivity contribution in [3.05, 3.63) is 30.0 Å². The molecular weight excluding hydrogens is 268 g/mol. The fourth-order valence-electron chi connectivity index (χ4n) is 1.73. The van der Waals surface area contributed by atoms with Gasteiger partial charge in [-0.3, -0.25) is 9.89 Å². The van der Waals surface area contributed by atoms with Crippen molar-refractivity contribution in [1.29, 1.82) is 0 Å². The highest BCUT2D eigenvalue weighted by Gasteiger charge is 2.21. The van der Waals surface area contributed by atoms with E-state index in [0.29, 0.717) is 17.3 Å². The molecule has 1 amide bonds. The van der Waals surface area contributed by atoms with E-state index in [1.165, 1.54) is 0 Å². The molecule has 0 aromatic carbocycles. The molecule has 2 aromatic heterocycles. The van der Waals surface area contributed by atoms with Gasteiger partial charge in [-0.1, -0.05) is 20.8 Å². The first-order valence-electron chi connectivity index (χ1n) is 6.65. The highest BCUT2D eigenvalue weighted by Crippen LogP contribution is 2.21. The highest BCUT2D eigenvalue weighted by atomic mass is 16.2. The zero-order valence-corrected chi connectivity index (χ0v) is 12.9. The van der Waals surface area contributed by atoms with E-state index < -0.39 is 0 Å². The summed E-state index contributed by atoms with van der Waals surface area (Å²) in [6.07, 6.45) is 1.68. The largest absolute Gasteiger partial charge is 0.361 e. The van der Waals surface area contributed by atoms with E-state index in [0.717, 1.165) is 0 Å². The van der Waals surface area contributed by atoms with Gasteiger partial charge in [0.05, 0.1) is 5.69 Å². The van der Waals surface area contributed by atoms with Gasteiger partial charge >= 0.3 is 0 Å². The molecule has 2 N–H and O–H groups in total. The lowest BCUT2D eigenvalue weighted by atomic mass is 9.96. The third-order valence-electron chi connectivity index (χ3n) is 2.86. The Morgan fingerprint density at radius 2 is 2.05 bits per heavy atom. The maximum atomic E-state index is 12.2. The number of amides is 1. The summed E-state index contributed by atoms with van der Waals surface area (Å²) in [5.74, 6) is 1.11. The lowest BCUT2D eigenvalue weighted by Crippen LogP contribution is -2.19. The second-order valence-electron chi connectivity index (χ2n) is 5.98. The highest BCUT2D eigenvalue weighted by molar-refractivity contribution is 6.03. The monoisotopic (exact) mass is 288 g/mol. The molecule has 2 aromatic rings. The smallest absolute Gasteiger partial charge is 0.295 e. The van der Waals surface area contributed by atoms with Crippen molar-refractivity contribution >= 4 is 17.4 Å². The second kappa shape index (κ2) is 5.51. The molecular formula is C14H20N6O. The van der Waals surface area contributed by atoms with Gasteiger partial charge in [0.2, 0.25) is 5.82 Å². The number of aromatic amines is 1. The van der Waals surface area contributed by atoms with Gasteiger partial charge in [-0.15, -0.1) is 5.10 Å². The van der Waals surface area contributed by atoms with Gasteiger partial charge in [-0.25, -0.2) is 9.97 Å². The number of hydrogen-bond acceptors (Lipinski definition) is 5. The summed E-state index contributed by atoms with van der Waals surface area (Å²) in [6.45, 7) is 6.00. The van der Waals surface area contributed by atoms with Crippen molar-refractivity contribution in [3.63, 3.8) is 0 Å². The Morgan fingerprint density at radius 3 is 2.62 bits per heavy atom. The van der Waals surface area contributed by atoms with E-state index in [4.69, 9.17) is 0 Å². The first-order valence-corrected chi connectivity index (χ1v) is 6.65. The Bertz CT molecular complexity index is 641. The summed E-state index contributed by atoms with van der Waals surface area (Å²) >= 11 is 0. The molecule has 2 heterocycles. The van der Waals surface area contributed by atoms with Crippen molar-refractivity contribution in [2.75, 3.05) is 24.3 Å². The third-order valence-corrected chi connectivity index (χ3v) is 2.86. The number of nitrogens with zero attached hydrogens (tertiary/aromatic N) is 4. The molecule has 0 spiro atoms. The van der Waals surface area contributed by atoms with Crippen molar-refractivity contribution < 1.29 is 4.79 Å². The predicted octanol–water partition coefficient (Wildman–Crippen LogP) is 1.82. The van der Waals surface area contributed by atoms with Crippen molar-refractivity contribution in [1.82, 2.24) is 20.2 Å². The van der Waals surface area contributed by atoms with Crippen LogP contribution >= 0.6 is 0 Å². The summed E-state index contributed by atoms with van der Waals surface area (Å²) in [7, 11) is 3.73. The van der Waals surface area contributed by atoms with Crippen LogP contribution in [0, 0.1) is 0 Å². The molecule has 0 aliphatic rings. The Hall–Kier alpha value is -2.44. The molecule has 0 atom stereocenters. The van der Waals surface area contributed by atoms with Crippen molar-refractivity contribution in [2.45, 2.75) is 26.2 Å². The van der Waals surface area contributed by atoms with Crippen LogP contribution in [0.25, 0.3) is 0 Å². The topological polar surface area (TPSA) is 86.8 Å². The van der Waals surface area contributed by atoms with E-state index in [-0.39, 0.29) is 17.1 Å². The summed E-state index contributed by atoms with van der Waals surface area (Å²) < 4.78 is 0. The molecule has 0 saturated heterocycles.